The van der Waals surface area contributed by atoms with Gasteiger partial charge in [-0.2, -0.15) is 0 Å². The average Bonchev–Trinajstić information content (AvgIpc) is 2.39. The monoisotopic (exact) mass is 137 g/mol. The molecule has 0 radical (unpaired) electrons. The Kier molecular flexibility index (Phi) is 1.51. The Morgan fingerprint density at radius 2 is 1.70 bits per heavy atom. The largest absolute Gasteiger partial charge is 0.297 e. The van der Waals surface area contributed by atoms with Gasteiger partial charge >= 0.3 is 0 Å². The lowest BCUT2D eigenvalue weighted by Crippen LogP contribution is -2.21. The van der Waals surface area contributed by atoms with Crippen molar-refractivity contribution in [1.29, 1.82) is 0 Å². The molecular weight excluding hydrogens is 122 g/mol. The molecule has 1 nitrogen and oxygen atoms in total. The molecule has 10 heavy (non-hydrogen) atoms. The lowest BCUT2D eigenvalue weighted by Gasteiger charge is -2.26. The van der Waals surface area contributed by atoms with Gasteiger partial charge in [0.05, 0.1) is 0 Å². The lowest BCUT2D eigenvalue weighted by molar-refractivity contribution is 0.383. The molecule has 1 heteroatoms. The summed E-state index contributed by atoms with van der Waals surface area (Å²) in [6, 6.07) is 0. The number of rotatable bonds is 0. The molecule has 1 spiro atoms. The van der Waals surface area contributed by atoms with Crippen molar-refractivity contribution in [3.63, 3.8) is 0 Å². The van der Waals surface area contributed by atoms with Crippen LogP contribution in [0.3, 0.4) is 0 Å². The van der Waals surface area contributed by atoms with Gasteiger partial charge in [-0.05, 0) is 25.7 Å². The van der Waals surface area contributed by atoms with Gasteiger partial charge in [-0.25, -0.2) is 0 Å². The number of hydrogen-bond donors (Lipinski definition) is 0. The second-order valence-electron chi connectivity index (χ2n) is 3.71. The standard InChI is InChI=1S/C9H15N/c1-2-5-9(4-1)6-3-7-10-8-9/h8H,1-7H2. The first-order valence-electron chi connectivity index (χ1n) is 4.42. The molecule has 2 aliphatic rings. The fourth-order valence-corrected chi connectivity index (χ4v) is 2.30. The van der Waals surface area contributed by atoms with E-state index in [4.69, 9.17) is 0 Å². The van der Waals surface area contributed by atoms with Crippen LogP contribution in [0.25, 0.3) is 0 Å². The highest BCUT2D eigenvalue weighted by Crippen LogP contribution is 2.41. The van der Waals surface area contributed by atoms with Gasteiger partial charge in [0.2, 0.25) is 0 Å². The van der Waals surface area contributed by atoms with Crippen LogP contribution in [0.4, 0.5) is 0 Å². The number of aliphatic imine (C=N–C) groups is 1. The smallest absolute Gasteiger partial charge is 0.0385 e. The van der Waals surface area contributed by atoms with E-state index in [-0.39, 0.29) is 0 Å². The van der Waals surface area contributed by atoms with Crippen LogP contribution in [0.2, 0.25) is 0 Å². The van der Waals surface area contributed by atoms with Gasteiger partial charge in [-0.15, -0.1) is 0 Å². The zero-order valence-electron chi connectivity index (χ0n) is 6.47. The van der Waals surface area contributed by atoms with Crippen molar-refractivity contribution in [3.05, 3.63) is 0 Å². The summed E-state index contributed by atoms with van der Waals surface area (Å²) in [7, 11) is 0. The zero-order valence-corrected chi connectivity index (χ0v) is 6.47. The van der Waals surface area contributed by atoms with Gasteiger partial charge in [0.1, 0.15) is 0 Å². The second kappa shape index (κ2) is 2.37. The maximum absolute atomic E-state index is 4.39. The molecule has 0 N–H and O–H groups in total. The minimum atomic E-state index is 0.582. The molecule has 1 heterocycles. The van der Waals surface area contributed by atoms with Gasteiger partial charge in [0, 0.05) is 18.2 Å². The predicted molar refractivity (Wildman–Crippen MR) is 43.5 cm³/mol. The predicted octanol–water partition coefficient (Wildman–Crippen LogP) is 2.41. The van der Waals surface area contributed by atoms with Crippen molar-refractivity contribution in [1.82, 2.24) is 0 Å². The summed E-state index contributed by atoms with van der Waals surface area (Å²) in [4.78, 5) is 4.39. The van der Waals surface area contributed by atoms with E-state index in [1.807, 2.05) is 0 Å². The van der Waals surface area contributed by atoms with E-state index in [1.54, 1.807) is 0 Å². The van der Waals surface area contributed by atoms with Crippen LogP contribution in [0.5, 0.6) is 0 Å². The Balaban J connectivity index is 2.11. The Morgan fingerprint density at radius 3 is 2.30 bits per heavy atom. The van der Waals surface area contributed by atoms with Gasteiger partial charge in [0.25, 0.3) is 0 Å². The quantitative estimate of drug-likeness (QED) is 0.486. The number of nitrogens with zero attached hydrogens (tertiary/aromatic N) is 1. The van der Waals surface area contributed by atoms with E-state index in [9.17, 15) is 0 Å². The number of hydrogen-bond acceptors (Lipinski definition) is 1. The summed E-state index contributed by atoms with van der Waals surface area (Å²) in [6.45, 7) is 1.09. The molecule has 1 aliphatic carbocycles. The molecule has 0 saturated heterocycles. The molecule has 0 aromatic heterocycles. The van der Waals surface area contributed by atoms with Crippen LogP contribution in [0.1, 0.15) is 38.5 Å². The van der Waals surface area contributed by atoms with E-state index in [1.165, 1.54) is 38.5 Å². The van der Waals surface area contributed by atoms with Crippen LogP contribution in [-0.4, -0.2) is 12.8 Å². The van der Waals surface area contributed by atoms with Gasteiger partial charge in [0.15, 0.2) is 0 Å². The van der Waals surface area contributed by atoms with Crippen molar-refractivity contribution >= 4 is 6.21 Å². The highest BCUT2D eigenvalue weighted by atomic mass is 14.7. The Bertz CT molecular complexity index is 143. The highest BCUT2D eigenvalue weighted by Gasteiger charge is 2.32. The van der Waals surface area contributed by atoms with Crippen LogP contribution in [-0.2, 0) is 0 Å². The van der Waals surface area contributed by atoms with E-state index in [0.29, 0.717) is 5.41 Å². The maximum atomic E-state index is 4.39. The topological polar surface area (TPSA) is 12.4 Å². The molecule has 0 aromatic carbocycles. The molecule has 0 atom stereocenters. The van der Waals surface area contributed by atoms with Crippen molar-refractivity contribution in [2.45, 2.75) is 38.5 Å². The fraction of sp³-hybridized carbons (Fsp3) is 0.889. The molecule has 0 amide bonds. The SMILES string of the molecule is C1=NCCCC12CCCC2. The summed E-state index contributed by atoms with van der Waals surface area (Å²) in [6.07, 6.45) is 10.7. The Morgan fingerprint density at radius 1 is 1.00 bits per heavy atom. The van der Waals surface area contributed by atoms with Gasteiger partial charge < -0.3 is 0 Å². The first-order chi connectivity index (χ1) is 4.91. The average molecular weight is 137 g/mol. The molecule has 0 unspecified atom stereocenters. The van der Waals surface area contributed by atoms with E-state index in [2.05, 4.69) is 11.2 Å². The first-order valence-corrected chi connectivity index (χ1v) is 4.42. The summed E-state index contributed by atoms with van der Waals surface area (Å²) in [5, 5.41) is 0. The van der Waals surface area contributed by atoms with E-state index < -0.39 is 0 Å². The van der Waals surface area contributed by atoms with Crippen LogP contribution in [0.15, 0.2) is 4.99 Å². The molecule has 2 rings (SSSR count). The fourth-order valence-electron chi connectivity index (χ4n) is 2.30. The first kappa shape index (κ1) is 6.38. The summed E-state index contributed by atoms with van der Waals surface area (Å²) in [5.41, 5.74) is 0.582. The highest BCUT2D eigenvalue weighted by molar-refractivity contribution is 5.66. The molecule has 56 valence electrons. The third kappa shape index (κ3) is 0.979. The minimum absolute atomic E-state index is 0.582. The van der Waals surface area contributed by atoms with Crippen LogP contribution < -0.4 is 0 Å². The Labute approximate surface area is 62.5 Å². The van der Waals surface area contributed by atoms with Gasteiger partial charge in [-0.3, -0.25) is 4.99 Å². The molecule has 0 bridgehead atoms. The zero-order chi connectivity index (χ0) is 6.86. The normalized spacial score (nSPS) is 29.6. The molecule has 1 fully saturated rings. The molecule has 1 saturated carbocycles. The maximum Gasteiger partial charge on any atom is 0.0385 e. The van der Waals surface area contributed by atoms with E-state index in [0.717, 1.165) is 6.54 Å². The van der Waals surface area contributed by atoms with Crippen LogP contribution in [0, 0.1) is 5.41 Å². The molecular formula is C9H15N. The van der Waals surface area contributed by atoms with Crippen molar-refractivity contribution in [3.8, 4) is 0 Å². The third-order valence-corrected chi connectivity index (χ3v) is 2.93. The minimum Gasteiger partial charge on any atom is -0.297 e. The molecule has 0 aromatic rings. The van der Waals surface area contributed by atoms with Crippen molar-refractivity contribution < 1.29 is 0 Å². The van der Waals surface area contributed by atoms with Crippen molar-refractivity contribution in [2.75, 3.05) is 6.54 Å². The summed E-state index contributed by atoms with van der Waals surface area (Å²) < 4.78 is 0. The third-order valence-electron chi connectivity index (χ3n) is 2.93. The summed E-state index contributed by atoms with van der Waals surface area (Å²) in [5.74, 6) is 0. The lowest BCUT2D eigenvalue weighted by atomic mass is 9.81. The van der Waals surface area contributed by atoms with E-state index >= 15 is 0 Å². The van der Waals surface area contributed by atoms with Crippen LogP contribution >= 0.6 is 0 Å². The molecule has 1 aliphatic heterocycles. The Hall–Kier alpha value is -0.330. The second-order valence-corrected chi connectivity index (χ2v) is 3.71. The van der Waals surface area contributed by atoms with Gasteiger partial charge in [-0.1, -0.05) is 12.8 Å². The summed E-state index contributed by atoms with van der Waals surface area (Å²) >= 11 is 0. The van der Waals surface area contributed by atoms with Crippen molar-refractivity contribution in [2.24, 2.45) is 10.4 Å².